The molecule has 5 rings (SSSR count). The van der Waals surface area contributed by atoms with E-state index in [1.165, 1.54) is 4.90 Å². The van der Waals surface area contributed by atoms with Crippen LogP contribution < -0.4 is 10.2 Å². The molecule has 3 amide bonds. The number of fused-ring (bicyclic) bond motifs is 1. The van der Waals surface area contributed by atoms with E-state index in [-0.39, 0.29) is 24.3 Å². The van der Waals surface area contributed by atoms with Gasteiger partial charge in [-0.1, -0.05) is 84.6 Å². The summed E-state index contributed by atoms with van der Waals surface area (Å²) < 4.78 is 0.430. The minimum Gasteiger partial charge on any atom is -0.325 e. The summed E-state index contributed by atoms with van der Waals surface area (Å²) in [6, 6.07) is 24.6. The Morgan fingerprint density at radius 1 is 0.917 bits per heavy atom. The van der Waals surface area contributed by atoms with Crippen LogP contribution in [0.2, 0.25) is 0 Å². The third-order valence-electron chi connectivity index (χ3n) is 6.07. The summed E-state index contributed by atoms with van der Waals surface area (Å²) >= 11 is 6.66. The zero-order valence-corrected chi connectivity index (χ0v) is 21.2. The summed E-state index contributed by atoms with van der Waals surface area (Å²) in [5.41, 5.74) is 4.33. The smallest absolute Gasteiger partial charge is 0.267 e. The van der Waals surface area contributed by atoms with Gasteiger partial charge >= 0.3 is 0 Å². The second-order valence-electron chi connectivity index (χ2n) is 8.59. The largest absolute Gasteiger partial charge is 0.325 e. The molecule has 1 N–H and O–H groups in total. The Bertz CT molecular complexity index is 1420. The number of anilines is 2. The van der Waals surface area contributed by atoms with Gasteiger partial charge in [-0.25, -0.2) is 0 Å². The highest BCUT2D eigenvalue weighted by Crippen LogP contribution is 2.44. The lowest BCUT2D eigenvalue weighted by Gasteiger charge is -2.17. The molecule has 3 aromatic carbocycles. The first kappa shape index (κ1) is 24.0. The summed E-state index contributed by atoms with van der Waals surface area (Å²) in [5, 5.41) is 2.85. The van der Waals surface area contributed by atoms with E-state index in [0.29, 0.717) is 44.7 Å². The van der Waals surface area contributed by atoms with Crippen molar-refractivity contribution in [3.8, 4) is 0 Å². The van der Waals surface area contributed by atoms with Crippen molar-refractivity contribution in [1.82, 2.24) is 4.90 Å². The Morgan fingerprint density at radius 2 is 1.67 bits per heavy atom. The average Bonchev–Trinajstić information content (AvgIpc) is 3.30. The molecule has 1 saturated heterocycles. The third-order valence-corrected chi connectivity index (χ3v) is 7.52. The number of amides is 3. The van der Waals surface area contributed by atoms with Gasteiger partial charge < -0.3 is 5.32 Å². The molecule has 180 valence electrons. The van der Waals surface area contributed by atoms with Crippen molar-refractivity contribution in [2.75, 3.05) is 23.3 Å². The second kappa shape index (κ2) is 10.1. The van der Waals surface area contributed by atoms with Crippen LogP contribution >= 0.6 is 24.0 Å². The van der Waals surface area contributed by atoms with Crippen LogP contribution in [-0.4, -0.2) is 40.0 Å². The molecule has 2 aliphatic heterocycles. The van der Waals surface area contributed by atoms with Crippen LogP contribution in [0.25, 0.3) is 5.57 Å². The SMILES string of the molecule is Cc1cccc(NC(=O)CN2C(=O)/C(=C3/SC(=S)N(CCc4ccccc4)C3=O)c3ccccc32)c1. The molecule has 2 aliphatic rings. The molecule has 6 nitrogen and oxygen atoms in total. The number of hydrogen-bond acceptors (Lipinski definition) is 5. The summed E-state index contributed by atoms with van der Waals surface area (Å²) in [4.78, 5) is 43.1. The van der Waals surface area contributed by atoms with Crippen molar-refractivity contribution in [1.29, 1.82) is 0 Å². The molecule has 0 aliphatic carbocycles. The summed E-state index contributed by atoms with van der Waals surface area (Å²) in [6.45, 7) is 2.21. The van der Waals surface area contributed by atoms with E-state index in [1.807, 2.05) is 67.6 Å². The van der Waals surface area contributed by atoms with Crippen molar-refractivity contribution in [2.45, 2.75) is 13.3 Å². The zero-order valence-electron chi connectivity index (χ0n) is 19.6. The lowest BCUT2D eigenvalue weighted by Crippen LogP contribution is -2.35. The standard InChI is InChI=1S/C28H23N3O3S2/c1-18-8-7-11-20(16-18)29-23(32)17-31-22-13-6-5-12-21(22)24(26(31)33)25-27(34)30(28(35)36-25)15-14-19-9-3-2-4-10-19/h2-13,16H,14-15,17H2,1H3,(H,29,32)/b25-24+. The molecule has 0 aromatic heterocycles. The maximum atomic E-state index is 13.6. The average molecular weight is 514 g/mol. The van der Waals surface area contributed by atoms with Crippen LogP contribution in [-0.2, 0) is 20.8 Å². The Labute approximate surface area is 219 Å². The molecule has 3 aromatic rings. The highest BCUT2D eigenvalue weighted by atomic mass is 32.2. The number of thioether (sulfide) groups is 1. The molecule has 0 saturated carbocycles. The summed E-state index contributed by atoms with van der Waals surface area (Å²) in [6.07, 6.45) is 0.658. The number of nitrogens with zero attached hydrogens (tertiary/aromatic N) is 2. The van der Waals surface area contributed by atoms with Gasteiger partial charge in [0.2, 0.25) is 5.91 Å². The van der Waals surface area contributed by atoms with Crippen molar-refractivity contribution in [2.24, 2.45) is 0 Å². The van der Waals surface area contributed by atoms with Gasteiger partial charge in [-0.2, -0.15) is 0 Å². The molecule has 0 radical (unpaired) electrons. The van der Waals surface area contributed by atoms with Crippen molar-refractivity contribution in [3.63, 3.8) is 0 Å². The number of benzene rings is 3. The van der Waals surface area contributed by atoms with Gasteiger partial charge in [-0.15, -0.1) is 0 Å². The molecular weight excluding hydrogens is 490 g/mol. The van der Waals surface area contributed by atoms with Crippen LogP contribution in [0.4, 0.5) is 11.4 Å². The monoisotopic (exact) mass is 513 g/mol. The van der Waals surface area contributed by atoms with Crippen molar-refractivity contribution >= 4 is 63.0 Å². The fraction of sp³-hybridized carbons (Fsp3) is 0.143. The minimum absolute atomic E-state index is 0.165. The Balaban J connectivity index is 1.39. The molecule has 0 spiro atoms. The lowest BCUT2D eigenvalue weighted by molar-refractivity contribution is -0.122. The maximum absolute atomic E-state index is 13.6. The highest BCUT2D eigenvalue weighted by molar-refractivity contribution is 8.26. The Morgan fingerprint density at radius 3 is 2.44 bits per heavy atom. The number of carbonyl (C=O) groups is 3. The van der Waals surface area contributed by atoms with E-state index in [2.05, 4.69) is 5.32 Å². The van der Waals surface area contributed by atoms with E-state index >= 15 is 0 Å². The van der Waals surface area contributed by atoms with Crippen LogP contribution in [0.3, 0.4) is 0 Å². The van der Waals surface area contributed by atoms with Crippen LogP contribution in [0, 0.1) is 6.92 Å². The van der Waals surface area contributed by atoms with Gasteiger partial charge in [0.1, 0.15) is 10.9 Å². The lowest BCUT2D eigenvalue weighted by atomic mass is 10.1. The number of rotatable bonds is 6. The van der Waals surface area contributed by atoms with E-state index in [4.69, 9.17) is 12.2 Å². The predicted molar refractivity (Wildman–Crippen MR) is 148 cm³/mol. The molecule has 0 unspecified atom stereocenters. The number of nitrogens with one attached hydrogen (secondary N) is 1. The number of carbonyl (C=O) groups excluding carboxylic acids is 3. The molecule has 8 heteroatoms. The Hall–Kier alpha value is -3.75. The molecule has 2 heterocycles. The molecule has 0 bridgehead atoms. The zero-order chi connectivity index (χ0) is 25.2. The topological polar surface area (TPSA) is 69.7 Å². The van der Waals surface area contributed by atoms with Gasteiger partial charge in [0.05, 0.1) is 16.2 Å². The first-order chi connectivity index (χ1) is 17.4. The van der Waals surface area contributed by atoms with E-state index in [0.717, 1.165) is 22.9 Å². The summed E-state index contributed by atoms with van der Waals surface area (Å²) in [5.74, 6) is -0.968. The molecular formula is C28H23N3O3S2. The number of thiocarbonyl (C=S) groups is 1. The number of hydrogen-bond donors (Lipinski definition) is 1. The third kappa shape index (κ3) is 4.69. The highest BCUT2D eigenvalue weighted by Gasteiger charge is 2.42. The summed E-state index contributed by atoms with van der Waals surface area (Å²) in [7, 11) is 0. The maximum Gasteiger partial charge on any atom is 0.267 e. The fourth-order valence-corrected chi connectivity index (χ4v) is 5.73. The normalized spacial score (nSPS) is 17.1. The van der Waals surface area contributed by atoms with Crippen LogP contribution in [0.15, 0.2) is 83.8 Å². The quantitative estimate of drug-likeness (QED) is 0.379. The van der Waals surface area contributed by atoms with E-state index in [1.54, 1.807) is 23.1 Å². The van der Waals surface area contributed by atoms with Gasteiger partial charge in [-0.05, 0) is 42.7 Å². The van der Waals surface area contributed by atoms with Gasteiger partial charge in [0, 0.05) is 17.8 Å². The fourth-order valence-electron chi connectivity index (χ4n) is 4.35. The van der Waals surface area contributed by atoms with Gasteiger partial charge in [0.25, 0.3) is 11.8 Å². The molecule has 0 atom stereocenters. The molecule has 1 fully saturated rings. The molecule has 36 heavy (non-hydrogen) atoms. The second-order valence-corrected chi connectivity index (χ2v) is 10.2. The first-order valence-electron chi connectivity index (χ1n) is 11.5. The van der Waals surface area contributed by atoms with E-state index < -0.39 is 0 Å². The van der Waals surface area contributed by atoms with Crippen LogP contribution in [0.5, 0.6) is 0 Å². The van der Waals surface area contributed by atoms with E-state index in [9.17, 15) is 14.4 Å². The first-order valence-corrected chi connectivity index (χ1v) is 12.7. The number of para-hydroxylation sites is 1. The minimum atomic E-state index is -0.376. The Kier molecular flexibility index (Phi) is 6.71. The van der Waals surface area contributed by atoms with Gasteiger partial charge in [-0.3, -0.25) is 24.2 Å². The van der Waals surface area contributed by atoms with Crippen molar-refractivity contribution < 1.29 is 14.4 Å². The number of aryl methyl sites for hydroxylation is 1. The van der Waals surface area contributed by atoms with Gasteiger partial charge in [0.15, 0.2) is 0 Å². The van der Waals surface area contributed by atoms with Crippen LogP contribution in [0.1, 0.15) is 16.7 Å². The van der Waals surface area contributed by atoms with Crippen molar-refractivity contribution in [3.05, 3.63) is 100 Å². The predicted octanol–water partition coefficient (Wildman–Crippen LogP) is 4.79.